The lowest BCUT2D eigenvalue weighted by Crippen LogP contribution is -2.33. The quantitative estimate of drug-likeness (QED) is 0.732. The predicted octanol–water partition coefficient (Wildman–Crippen LogP) is 4.25. The number of hydrogen-bond donors (Lipinski definition) is 1. The molecule has 0 saturated carbocycles. The standard InChI is InChI=1S/C18H19Cl2NO4S/c1-3-21(9-8-13-4-6-14(19)7-5-13)26(24,25)15-10-16(18(22)23)12(2)17(20)11-15/h4-7,10-11H,3,8-9H2,1-2H3,(H,22,23). The second-order valence-electron chi connectivity index (χ2n) is 5.76. The van der Waals surface area contributed by atoms with Gasteiger partial charge in [-0.2, -0.15) is 4.31 Å². The number of nitrogens with zero attached hydrogens (tertiary/aromatic N) is 1. The first-order chi connectivity index (χ1) is 12.2. The number of carbonyl (C=O) groups is 1. The molecule has 1 N–H and O–H groups in total. The molecule has 2 aromatic carbocycles. The summed E-state index contributed by atoms with van der Waals surface area (Å²) in [5.41, 5.74) is 1.17. The zero-order valence-electron chi connectivity index (χ0n) is 14.4. The van der Waals surface area contributed by atoms with Gasteiger partial charge in [0, 0.05) is 23.1 Å². The number of benzene rings is 2. The van der Waals surface area contributed by atoms with Gasteiger partial charge in [-0.15, -0.1) is 0 Å². The lowest BCUT2D eigenvalue weighted by Gasteiger charge is -2.21. The summed E-state index contributed by atoms with van der Waals surface area (Å²) in [5, 5.41) is 10.00. The fourth-order valence-corrected chi connectivity index (χ4v) is 4.44. The van der Waals surface area contributed by atoms with E-state index in [1.54, 1.807) is 26.0 Å². The number of likely N-dealkylation sites (N-methyl/N-ethyl adjacent to an activating group) is 1. The van der Waals surface area contributed by atoms with Crippen molar-refractivity contribution in [2.45, 2.75) is 25.2 Å². The van der Waals surface area contributed by atoms with E-state index in [9.17, 15) is 18.3 Å². The van der Waals surface area contributed by atoms with E-state index in [0.29, 0.717) is 17.0 Å². The summed E-state index contributed by atoms with van der Waals surface area (Å²) < 4.78 is 27.2. The summed E-state index contributed by atoms with van der Waals surface area (Å²) in [7, 11) is -3.87. The highest BCUT2D eigenvalue weighted by Crippen LogP contribution is 2.26. The van der Waals surface area contributed by atoms with Crippen molar-refractivity contribution in [3.05, 3.63) is 63.1 Å². The molecule has 0 fully saturated rings. The maximum atomic E-state index is 12.9. The molecule has 0 spiro atoms. The maximum Gasteiger partial charge on any atom is 0.336 e. The first-order valence-corrected chi connectivity index (χ1v) is 10.1. The molecule has 0 atom stereocenters. The van der Waals surface area contributed by atoms with E-state index in [1.165, 1.54) is 10.4 Å². The van der Waals surface area contributed by atoms with E-state index in [0.717, 1.165) is 11.6 Å². The molecule has 0 radical (unpaired) electrons. The minimum atomic E-state index is -3.87. The van der Waals surface area contributed by atoms with Crippen molar-refractivity contribution in [2.24, 2.45) is 0 Å². The summed E-state index contributed by atoms with van der Waals surface area (Å²) in [5.74, 6) is -1.22. The Bertz CT molecular complexity index is 912. The molecule has 0 aliphatic heterocycles. The van der Waals surface area contributed by atoms with Crippen LogP contribution in [0, 0.1) is 6.92 Å². The third-order valence-electron chi connectivity index (χ3n) is 4.10. The van der Waals surface area contributed by atoms with Crippen molar-refractivity contribution < 1.29 is 18.3 Å². The molecule has 26 heavy (non-hydrogen) atoms. The van der Waals surface area contributed by atoms with Gasteiger partial charge in [-0.25, -0.2) is 13.2 Å². The molecular weight excluding hydrogens is 397 g/mol. The molecule has 0 aliphatic rings. The smallest absolute Gasteiger partial charge is 0.336 e. The summed E-state index contributed by atoms with van der Waals surface area (Å²) in [6.45, 7) is 3.78. The van der Waals surface area contributed by atoms with Gasteiger partial charge in [0.25, 0.3) is 0 Å². The van der Waals surface area contributed by atoms with Crippen LogP contribution >= 0.6 is 23.2 Å². The van der Waals surface area contributed by atoms with Crippen LogP contribution in [0.5, 0.6) is 0 Å². The zero-order valence-corrected chi connectivity index (χ0v) is 16.7. The van der Waals surface area contributed by atoms with Gasteiger partial charge in [-0.3, -0.25) is 0 Å². The number of halogens is 2. The van der Waals surface area contributed by atoms with Crippen molar-refractivity contribution in [3.63, 3.8) is 0 Å². The van der Waals surface area contributed by atoms with Crippen LogP contribution in [0.4, 0.5) is 0 Å². The van der Waals surface area contributed by atoms with Crippen LogP contribution in [0.2, 0.25) is 10.0 Å². The Hall–Kier alpha value is -1.60. The van der Waals surface area contributed by atoms with Crippen molar-refractivity contribution in [3.8, 4) is 0 Å². The number of carboxylic acids is 1. The minimum Gasteiger partial charge on any atom is -0.478 e. The lowest BCUT2D eigenvalue weighted by molar-refractivity contribution is 0.0696. The molecule has 0 aliphatic carbocycles. The van der Waals surface area contributed by atoms with Gasteiger partial charge < -0.3 is 5.11 Å². The number of hydrogen-bond acceptors (Lipinski definition) is 3. The molecule has 140 valence electrons. The Morgan fingerprint density at radius 2 is 1.77 bits per heavy atom. The van der Waals surface area contributed by atoms with Crippen LogP contribution < -0.4 is 0 Å². The minimum absolute atomic E-state index is 0.109. The van der Waals surface area contributed by atoms with Crippen molar-refractivity contribution in [1.82, 2.24) is 4.31 Å². The van der Waals surface area contributed by atoms with Crippen LogP contribution in [0.25, 0.3) is 0 Å². The third kappa shape index (κ3) is 4.57. The van der Waals surface area contributed by atoms with Crippen LogP contribution in [0.3, 0.4) is 0 Å². The molecule has 5 nitrogen and oxygen atoms in total. The van der Waals surface area contributed by atoms with Gasteiger partial charge in [-0.1, -0.05) is 42.3 Å². The van der Waals surface area contributed by atoms with Gasteiger partial charge in [-0.05, 0) is 48.7 Å². The van der Waals surface area contributed by atoms with Crippen molar-refractivity contribution >= 4 is 39.2 Å². The SMILES string of the molecule is CCN(CCc1ccc(Cl)cc1)S(=O)(=O)c1cc(Cl)c(C)c(C(=O)O)c1. The van der Waals surface area contributed by atoms with E-state index >= 15 is 0 Å². The van der Waals surface area contributed by atoms with Crippen LogP contribution in [-0.4, -0.2) is 36.9 Å². The fraction of sp³-hybridized carbons (Fsp3) is 0.278. The predicted molar refractivity (Wildman–Crippen MR) is 103 cm³/mol. The Balaban J connectivity index is 2.31. The highest BCUT2D eigenvalue weighted by molar-refractivity contribution is 7.89. The van der Waals surface area contributed by atoms with E-state index in [1.807, 2.05) is 12.1 Å². The van der Waals surface area contributed by atoms with E-state index < -0.39 is 16.0 Å². The summed E-state index contributed by atoms with van der Waals surface area (Å²) in [6, 6.07) is 9.64. The summed E-state index contributed by atoms with van der Waals surface area (Å²) in [4.78, 5) is 11.2. The fourth-order valence-electron chi connectivity index (χ4n) is 2.53. The lowest BCUT2D eigenvalue weighted by atomic mass is 10.1. The van der Waals surface area contributed by atoms with E-state index in [4.69, 9.17) is 23.2 Å². The van der Waals surface area contributed by atoms with E-state index in [-0.39, 0.29) is 28.6 Å². The molecule has 0 saturated heterocycles. The van der Waals surface area contributed by atoms with Crippen molar-refractivity contribution in [1.29, 1.82) is 0 Å². The highest BCUT2D eigenvalue weighted by Gasteiger charge is 2.25. The van der Waals surface area contributed by atoms with Gasteiger partial charge in [0.1, 0.15) is 0 Å². The van der Waals surface area contributed by atoms with Crippen LogP contribution in [0.15, 0.2) is 41.3 Å². The Morgan fingerprint density at radius 3 is 2.31 bits per heavy atom. The average Bonchev–Trinajstić information content (AvgIpc) is 2.58. The number of rotatable bonds is 7. The van der Waals surface area contributed by atoms with Crippen LogP contribution in [-0.2, 0) is 16.4 Å². The van der Waals surface area contributed by atoms with Gasteiger partial charge in [0.05, 0.1) is 10.5 Å². The summed E-state index contributed by atoms with van der Waals surface area (Å²) >= 11 is 11.9. The third-order valence-corrected chi connectivity index (χ3v) is 6.70. The molecule has 0 unspecified atom stereocenters. The van der Waals surface area contributed by atoms with Gasteiger partial charge >= 0.3 is 5.97 Å². The molecule has 2 rings (SSSR count). The maximum absolute atomic E-state index is 12.9. The zero-order chi connectivity index (χ0) is 19.5. The second kappa shape index (κ2) is 8.39. The molecule has 2 aromatic rings. The van der Waals surface area contributed by atoms with Gasteiger partial charge in [0.2, 0.25) is 10.0 Å². The number of carboxylic acid groups (broad SMARTS) is 1. The molecular formula is C18H19Cl2NO4S. The number of aromatic carboxylic acids is 1. The molecule has 8 heteroatoms. The Morgan fingerprint density at radius 1 is 1.15 bits per heavy atom. The highest BCUT2D eigenvalue weighted by atomic mass is 35.5. The molecule has 0 heterocycles. The topological polar surface area (TPSA) is 74.7 Å². The molecule has 0 amide bonds. The Kier molecular flexibility index (Phi) is 6.69. The van der Waals surface area contributed by atoms with Crippen LogP contribution in [0.1, 0.15) is 28.4 Å². The molecule has 0 bridgehead atoms. The van der Waals surface area contributed by atoms with Crippen molar-refractivity contribution in [2.75, 3.05) is 13.1 Å². The van der Waals surface area contributed by atoms with E-state index in [2.05, 4.69) is 0 Å². The second-order valence-corrected chi connectivity index (χ2v) is 8.54. The monoisotopic (exact) mass is 415 g/mol. The first-order valence-electron chi connectivity index (χ1n) is 7.94. The Labute approximate surface area is 163 Å². The average molecular weight is 416 g/mol. The largest absolute Gasteiger partial charge is 0.478 e. The molecule has 0 aromatic heterocycles. The summed E-state index contributed by atoms with van der Waals surface area (Å²) in [6.07, 6.45) is 0.510. The number of sulfonamides is 1. The normalized spacial score (nSPS) is 11.7. The first kappa shape index (κ1) is 20.7. The van der Waals surface area contributed by atoms with Gasteiger partial charge in [0.15, 0.2) is 0 Å².